The first kappa shape index (κ1) is 17.0. The predicted octanol–water partition coefficient (Wildman–Crippen LogP) is 0.636. The Morgan fingerprint density at radius 2 is 1.88 bits per heavy atom. The highest BCUT2D eigenvalue weighted by Gasteiger charge is 2.39. The minimum Gasteiger partial charge on any atom is -0.371 e. The molecule has 0 spiro atoms. The van der Waals surface area contributed by atoms with Crippen LogP contribution in [-0.4, -0.2) is 54.8 Å². The second-order valence-corrected chi connectivity index (χ2v) is 7.29. The van der Waals surface area contributed by atoms with Crippen LogP contribution in [0.4, 0.5) is 5.69 Å². The van der Waals surface area contributed by atoms with Crippen molar-refractivity contribution in [3.8, 4) is 0 Å². The Bertz CT molecular complexity index is 755. The normalized spacial score (nSPS) is 24.0. The lowest BCUT2D eigenvalue weighted by Gasteiger charge is -2.33. The quantitative estimate of drug-likeness (QED) is 0.777. The second kappa shape index (κ2) is 6.72. The van der Waals surface area contributed by atoms with Crippen molar-refractivity contribution in [1.29, 1.82) is 0 Å². The number of anilines is 1. The molecule has 4 rings (SSSR count). The minimum absolute atomic E-state index is 0.116. The van der Waals surface area contributed by atoms with Gasteiger partial charge in [0.15, 0.2) is 0 Å². The third kappa shape index (κ3) is 2.96. The van der Waals surface area contributed by atoms with Gasteiger partial charge in [-0.3, -0.25) is 19.7 Å². The van der Waals surface area contributed by atoms with E-state index in [2.05, 4.69) is 21.6 Å². The number of fused-ring (bicyclic) bond motifs is 1. The summed E-state index contributed by atoms with van der Waals surface area (Å²) in [5.74, 6) is -0.741. The van der Waals surface area contributed by atoms with Crippen LogP contribution in [0.1, 0.15) is 41.6 Å². The highest BCUT2D eigenvalue weighted by molar-refractivity contribution is 6.05. The number of piperidine rings is 2. The van der Waals surface area contributed by atoms with Gasteiger partial charge in [0.1, 0.15) is 6.04 Å². The molecule has 0 bridgehead atoms. The molecule has 138 valence electrons. The molecule has 0 aromatic heterocycles. The van der Waals surface area contributed by atoms with Gasteiger partial charge in [0.2, 0.25) is 11.8 Å². The molecule has 0 radical (unpaired) electrons. The fourth-order valence-corrected chi connectivity index (χ4v) is 4.18. The summed E-state index contributed by atoms with van der Waals surface area (Å²) in [6.07, 6.45) is 2.89. The van der Waals surface area contributed by atoms with Crippen molar-refractivity contribution in [2.75, 3.05) is 25.0 Å². The number of nitrogens with zero attached hydrogens (tertiary/aromatic N) is 2. The Kier molecular flexibility index (Phi) is 4.40. The fraction of sp³-hybridized carbons (Fsp3) is 0.526. The Balaban J connectivity index is 1.50. The van der Waals surface area contributed by atoms with Crippen LogP contribution in [0.3, 0.4) is 0 Å². The Morgan fingerprint density at radius 1 is 1.12 bits per heavy atom. The summed E-state index contributed by atoms with van der Waals surface area (Å²) in [6, 6.07) is 5.99. The van der Waals surface area contributed by atoms with Crippen LogP contribution in [0.5, 0.6) is 0 Å². The molecule has 1 unspecified atom stereocenters. The van der Waals surface area contributed by atoms with E-state index < -0.39 is 6.04 Å². The van der Waals surface area contributed by atoms with E-state index in [-0.39, 0.29) is 24.1 Å². The topological polar surface area (TPSA) is 81.8 Å². The Labute approximate surface area is 152 Å². The first-order valence-corrected chi connectivity index (χ1v) is 9.26. The maximum absolute atomic E-state index is 12.7. The van der Waals surface area contributed by atoms with Crippen molar-refractivity contribution in [3.63, 3.8) is 0 Å². The van der Waals surface area contributed by atoms with Gasteiger partial charge in [-0.25, -0.2) is 0 Å². The summed E-state index contributed by atoms with van der Waals surface area (Å²) in [7, 11) is 2.00. The predicted molar refractivity (Wildman–Crippen MR) is 96.8 cm³/mol. The highest BCUT2D eigenvalue weighted by Crippen LogP contribution is 2.31. The van der Waals surface area contributed by atoms with E-state index in [1.54, 1.807) is 4.90 Å². The zero-order chi connectivity index (χ0) is 18.3. The average molecular weight is 356 g/mol. The molecule has 3 heterocycles. The molecule has 26 heavy (non-hydrogen) atoms. The molecule has 0 aliphatic carbocycles. The lowest BCUT2D eigenvalue weighted by Crippen LogP contribution is -2.52. The molecule has 7 heteroatoms. The number of hydrogen-bond donors (Lipinski definition) is 2. The molecule has 3 amide bonds. The van der Waals surface area contributed by atoms with E-state index in [0.29, 0.717) is 24.6 Å². The van der Waals surface area contributed by atoms with Gasteiger partial charge in [0.05, 0.1) is 0 Å². The number of carbonyl (C=O) groups excluding carboxylic acids is 3. The summed E-state index contributed by atoms with van der Waals surface area (Å²) >= 11 is 0. The molecular weight excluding hydrogens is 332 g/mol. The molecular formula is C19H24N4O3. The van der Waals surface area contributed by atoms with Crippen LogP contribution in [-0.2, 0) is 16.1 Å². The molecule has 7 nitrogen and oxygen atoms in total. The van der Waals surface area contributed by atoms with Gasteiger partial charge < -0.3 is 15.1 Å². The monoisotopic (exact) mass is 356 g/mol. The summed E-state index contributed by atoms with van der Waals surface area (Å²) in [5.41, 5.74) is 2.77. The Hall–Kier alpha value is -2.41. The standard InChI is InChI=1S/C19H24N4O3/c1-20-13-6-8-22(9-7-13)14-2-3-15-12(10-14)11-23(19(15)26)16-4-5-17(24)21-18(16)25/h2-3,10,13,16,20H,4-9,11H2,1H3,(H,21,24,25). The lowest BCUT2D eigenvalue weighted by atomic mass is 10.0. The SMILES string of the molecule is CNC1CCN(c2ccc3c(c2)CN(C2CCC(=O)NC2=O)C3=O)CC1. The molecule has 2 N–H and O–H groups in total. The zero-order valence-electron chi connectivity index (χ0n) is 15.0. The number of hydrogen-bond acceptors (Lipinski definition) is 5. The van der Waals surface area contributed by atoms with Crippen LogP contribution >= 0.6 is 0 Å². The summed E-state index contributed by atoms with van der Waals surface area (Å²) in [4.78, 5) is 40.2. The maximum atomic E-state index is 12.7. The second-order valence-electron chi connectivity index (χ2n) is 7.29. The van der Waals surface area contributed by atoms with Gasteiger partial charge in [0, 0.05) is 43.3 Å². The van der Waals surface area contributed by atoms with Crippen LogP contribution in [0.15, 0.2) is 18.2 Å². The number of nitrogens with one attached hydrogen (secondary N) is 2. The van der Waals surface area contributed by atoms with Crippen molar-refractivity contribution in [2.24, 2.45) is 0 Å². The van der Waals surface area contributed by atoms with E-state index in [1.807, 2.05) is 19.2 Å². The first-order valence-electron chi connectivity index (χ1n) is 9.26. The van der Waals surface area contributed by atoms with Gasteiger partial charge >= 0.3 is 0 Å². The van der Waals surface area contributed by atoms with Crippen molar-refractivity contribution >= 4 is 23.4 Å². The molecule has 0 saturated carbocycles. The third-order valence-electron chi connectivity index (χ3n) is 5.78. The number of amides is 3. The van der Waals surface area contributed by atoms with Gasteiger partial charge in [-0.2, -0.15) is 0 Å². The van der Waals surface area contributed by atoms with Gasteiger partial charge in [-0.05, 0) is 50.1 Å². The maximum Gasteiger partial charge on any atom is 0.255 e. The molecule has 2 fully saturated rings. The van der Waals surface area contributed by atoms with Crippen molar-refractivity contribution in [2.45, 2.75) is 44.3 Å². The molecule has 2 saturated heterocycles. The van der Waals surface area contributed by atoms with E-state index >= 15 is 0 Å². The van der Waals surface area contributed by atoms with E-state index in [1.165, 1.54) is 0 Å². The zero-order valence-corrected chi connectivity index (χ0v) is 15.0. The number of rotatable bonds is 3. The minimum atomic E-state index is -0.553. The van der Waals surface area contributed by atoms with Crippen LogP contribution in [0.2, 0.25) is 0 Å². The van der Waals surface area contributed by atoms with Crippen LogP contribution < -0.4 is 15.5 Å². The van der Waals surface area contributed by atoms with Gasteiger partial charge in [-0.1, -0.05) is 0 Å². The smallest absolute Gasteiger partial charge is 0.255 e. The summed E-state index contributed by atoms with van der Waals surface area (Å²) < 4.78 is 0. The van der Waals surface area contributed by atoms with E-state index in [4.69, 9.17) is 0 Å². The number of benzene rings is 1. The fourth-order valence-electron chi connectivity index (χ4n) is 4.18. The van der Waals surface area contributed by atoms with Crippen molar-refractivity contribution in [1.82, 2.24) is 15.5 Å². The molecule has 3 aliphatic rings. The summed E-state index contributed by atoms with van der Waals surface area (Å²) in [6.45, 7) is 2.42. The first-order chi connectivity index (χ1) is 12.6. The molecule has 1 atom stereocenters. The van der Waals surface area contributed by atoms with Gasteiger partial charge in [0.25, 0.3) is 5.91 Å². The van der Waals surface area contributed by atoms with Crippen molar-refractivity contribution in [3.05, 3.63) is 29.3 Å². The highest BCUT2D eigenvalue weighted by atomic mass is 16.2. The number of imide groups is 1. The van der Waals surface area contributed by atoms with Crippen LogP contribution in [0, 0.1) is 0 Å². The third-order valence-corrected chi connectivity index (χ3v) is 5.78. The van der Waals surface area contributed by atoms with E-state index in [0.717, 1.165) is 37.2 Å². The van der Waals surface area contributed by atoms with E-state index in [9.17, 15) is 14.4 Å². The molecule has 1 aromatic rings. The van der Waals surface area contributed by atoms with Crippen molar-refractivity contribution < 1.29 is 14.4 Å². The molecule has 3 aliphatic heterocycles. The largest absolute Gasteiger partial charge is 0.371 e. The lowest BCUT2D eigenvalue weighted by molar-refractivity contribution is -0.136. The number of carbonyl (C=O) groups is 3. The Morgan fingerprint density at radius 3 is 2.58 bits per heavy atom. The van der Waals surface area contributed by atoms with Gasteiger partial charge in [-0.15, -0.1) is 0 Å². The summed E-state index contributed by atoms with van der Waals surface area (Å²) in [5, 5.41) is 5.67. The van der Waals surface area contributed by atoms with Crippen LogP contribution in [0.25, 0.3) is 0 Å². The molecule has 1 aromatic carbocycles. The average Bonchev–Trinajstić information content (AvgIpc) is 2.98.